The minimum atomic E-state index is -1.10. The summed E-state index contributed by atoms with van der Waals surface area (Å²) in [4.78, 5) is 12.4. The molecule has 5 nitrogen and oxygen atoms in total. The molecule has 0 heterocycles. The van der Waals surface area contributed by atoms with Crippen LogP contribution in [0, 0.1) is 0 Å². The summed E-state index contributed by atoms with van der Waals surface area (Å²) in [6.45, 7) is 4.14. The van der Waals surface area contributed by atoms with Gasteiger partial charge in [-0.05, 0) is 44.9 Å². The molecule has 44 heavy (non-hydrogen) atoms. The van der Waals surface area contributed by atoms with Crippen molar-refractivity contribution >= 4 is 5.91 Å². The van der Waals surface area contributed by atoms with Crippen LogP contribution in [0.25, 0.3) is 0 Å². The van der Waals surface area contributed by atoms with E-state index in [9.17, 15) is 20.1 Å². The molecule has 4 N–H and O–H groups in total. The van der Waals surface area contributed by atoms with Crippen molar-refractivity contribution in [2.24, 2.45) is 0 Å². The summed E-state index contributed by atoms with van der Waals surface area (Å²) in [5.74, 6) is -0.519. The van der Waals surface area contributed by atoms with Crippen LogP contribution in [-0.2, 0) is 4.79 Å². The fourth-order valence-electron chi connectivity index (χ4n) is 5.45. The van der Waals surface area contributed by atoms with Gasteiger partial charge in [-0.3, -0.25) is 4.79 Å². The highest BCUT2D eigenvalue weighted by Gasteiger charge is 2.22. The van der Waals surface area contributed by atoms with Crippen molar-refractivity contribution in [2.45, 2.75) is 199 Å². The van der Waals surface area contributed by atoms with E-state index in [0.29, 0.717) is 6.42 Å². The van der Waals surface area contributed by atoms with E-state index in [1.165, 1.54) is 116 Å². The lowest BCUT2D eigenvalue weighted by Gasteiger charge is -2.21. The first-order chi connectivity index (χ1) is 21.6. The largest absolute Gasteiger partial charge is 0.394 e. The molecule has 0 spiro atoms. The SMILES string of the molecule is CCCCCCCCC/C=C/CC/C=C/CC/C=C/C(O)C(CO)NC(=O)C(O)CCCCCCCCCCCCCCC. The lowest BCUT2D eigenvalue weighted by atomic mass is 10.0. The smallest absolute Gasteiger partial charge is 0.249 e. The lowest BCUT2D eigenvalue weighted by Crippen LogP contribution is -2.48. The molecule has 0 aliphatic carbocycles. The first-order valence-corrected chi connectivity index (χ1v) is 18.8. The van der Waals surface area contributed by atoms with Crippen molar-refractivity contribution in [3.8, 4) is 0 Å². The molecular weight excluding hydrogens is 546 g/mol. The minimum Gasteiger partial charge on any atom is -0.394 e. The van der Waals surface area contributed by atoms with E-state index in [4.69, 9.17) is 0 Å². The molecule has 5 heteroatoms. The second-order valence-corrected chi connectivity index (χ2v) is 12.8. The summed E-state index contributed by atoms with van der Waals surface area (Å²) in [5.41, 5.74) is 0. The van der Waals surface area contributed by atoms with Gasteiger partial charge in [0.15, 0.2) is 0 Å². The van der Waals surface area contributed by atoms with E-state index in [1.54, 1.807) is 6.08 Å². The minimum absolute atomic E-state index is 0.380. The Kier molecular flexibility index (Phi) is 33.3. The molecule has 0 aromatic rings. The summed E-state index contributed by atoms with van der Waals surface area (Å²) in [6.07, 6.45) is 41.6. The Labute approximate surface area is 273 Å². The number of allylic oxidation sites excluding steroid dienone is 5. The van der Waals surface area contributed by atoms with Gasteiger partial charge in [-0.2, -0.15) is 0 Å². The maximum atomic E-state index is 12.4. The predicted molar refractivity (Wildman–Crippen MR) is 190 cm³/mol. The number of nitrogens with one attached hydrogen (secondary N) is 1. The molecule has 3 atom stereocenters. The summed E-state index contributed by atoms with van der Waals surface area (Å²) in [7, 11) is 0. The number of rotatable bonds is 33. The Hall–Kier alpha value is -1.43. The van der Waals surface area contributed by atoms with Gasteiger partial charge in [-0.1, -0.05) is 172 Å². The highest BCUT2D eigenvalue weighted by Crippen LogP contribution is 2.14. The van der Waals surface area contributed by atoms with E-state index in [1.807, 2.05) is 6.08 Å². The van der Waals surface area contributed by atoms with Crippen molar-refractivity contribution in [1.82, 2.24) is 5.32 Å². The molecule has 0 radical (unpaired) electrons. The Bertz CT molecular complexity index is 690. The van der Waals surface area contributed by atoms with E-state index >= 15 is 0 Å². The second-order valence-electron chi connectivity index (χ2n) is 12.8. The second kappa shape index (κ2) is 34.4. The summed E-state index contributed by atoms with van der Waals surface area (Å²) in [5, 5.41) is 32.9. The fraction of sp³-hybridized carbons (Fsp3) is 0.821. The molecule has 258 valence electrons. The molecule has 0 aliphatic rings. The van der Waals surface area contributed by atoms with Gasteiger partial charge in [0, 0.05) is 0 Å². The van der Waals surface area contributed by atoms with Crippen molar-refractivity contribution < 1.29 is 20.1 Å². The molecule has 0 aliphatic heterocycles. The Balaban J connectivity index is 3.82. The van der Waals surface area contributed by atoms with Crippen molar-refractivity contribution in [2.75, 3.05) is 6.61 Å². The number of unbranched alkanes of at least 4 members (excludes halogenated alkanes) is 21. The zero-order valence-electron chi connectivity index (χ0n) is 29.0. The van der Waals surface area contributed by atoms with Gasteiger partial charge in [0.05, 0.1) is 18.8 Å². The third-order valence-electron chi connectivity index (χ3n) is 8.46. The maximum Gasteiger partial charge on any atom is 0.249 e. The van der Waals surface area contributed by atoms with Gasteiger partial charge < -0.3 is 20.6 Å². The monoisotopic (exact) mass is 620 g/mol. The van der Waals surface area contributed by atoms with E-state index in [2.05, 4.69) is 43.5 Å². The molecule has 0 bridgehead atoms. The molecule has 1 amide bonds. The maximum absolute atomic E-state index is 12.4. The van der Waals surface area contributed by atoms with E-state index < -0.39 is 24.2 Å². The van der Waals surface area contributed by atoms with Crippen LogP contribution in [0.15, 0.2) is 36.5 Å². The molecule has 0 aromatic heterocycles. The highest BCUT2D eigenvalue weighted by molar-refractivity contribution is 5.80. The van der Waals surface area contributed by atoms with Crippen LogP contribution in [0.4, 0.5) is 0 Å². The van der Waals surface area contributed by atoms with Crippen molar-refractivity contribution in [3.63, 3.8) is 0 Å². The van der Waals surface area contributed by atoms with Crippen LogP contribution >= 0.6 is 0 Å². The molecule has 0 saturated heterocycles. The topological polar surface area (TPSA) is 89.8 Å². The normalized spacial score (nSPS) is 14.2. The predicted octanol–water partition coefficient (Wildman–Crippen LogP) is 10.0. The Morgan fingerprint density at radius 1 is 0.545 bits per heavy atom. The third kappa shape index (κ3) is 29.3. The van der Waals surface area contributed by atoms with Crippen molar-refractivity contribution in [1.29, 1.82) is 0 Å². The van der Waals surface area contributed by atoms with Crippen LogP contribution < -0.4 is 5.32 Å². The van der Waals surface area contributed by atoms with Crippen molar-refractivity contribution in [3.05, 3.63) is 36.5 Å². The Morgan fingerprint density at radius 2 is 0.932 bits per heavy atom. The molecule has 3 unspecified atom stereocenters. The fourth-order valence-corrected chi connectivity index (χ4v) is 5.45. The summed E-state index contributed by atoms with van der Waals surface area (Å²) >= 11 is 0. The third-order valence-corrected chi connectivity index (χ3v) is 8.46. The average Bonchev–Trinajstić information content (AvgIpc) is 3.03. The van der Waals surface area contributed by atoms with Gasteiger partial charge in [-0.15, -0.1) is 0 Å². The van der Waals surface area contributed by atoms with Gasteiger partial charge in [0.25, 0.3) is 0 Å². The molecule has 0 aromatic carbocycles. The van der Waals surface area contributed by atoms with E-state index in [0.717, 1.165) is 44.9 Å². The molecule has 0 rings (SSSR count). The van der Waals surface area contributed by atoms with Crippen LogP contribution in [0.5, 0.6) is 0 Å². The lowest BCUT2D eigenvalue weighted by molar-refractivity contribution is -0.131. The van der Waals surface area contributed by atoms with Gasteiger partial charge >= 0.3 is 0 Å². The zero-order chi connectivity index (χ0) is 32.4. The van der Waals surface area contributed by atoms with E-state index in [-0.39, 0.29) is 6.61 Å². The number of carbonyl (C=O) groups excluding carboxylic acids is 1. The molecule has 0 saturated carbocycles. The number of carbonyl (C=O) groups is 1. The highest BCUT2D eigenvalue weighted by atomic mass is 16.3. The summed E-state index contributed by atoms with van der Waals surface area (Å²) in [6, 6.07) is -0.816. The number of aliphatic hydroxyl groups is 3. The van der Waals surface area contributed by atoms with Crippen LogP contribution in [0.1, 0.15) is 181 Å². The number of hydrogen-bond donors (Lipinski definition) is 4. The number of amides is 1. The Morgan fingerprint density at radius 3 is 1.39 bits per heavy atom. The number of hydrogen-bond acceptors (Lipinski definition) is 4. The first kappa shape index (κ1) is 42.6. The van der Waals surface area contributed by atoms with Gasteiger partial charge in [-0.25, -0.2) is 0 Å². The summed E-state index contributed by atoms with van der Waals surface area (Å²) < 4.78 is 0. The average molecular weight is 620 g/mol. The van der Waals surface area contributed by atoms with Crippen LogP contribution in [0.2, 0.25) is 0 Å². The number of aliphatic hydroxyl groups excluding tert-OH is 3. The molecular formula is C39H73NO4. The molecule has 0 fully saturated rings. The standard InChI is InChI=1S/C39H73NO4/c1-3-5-7-9-11-13-15-17-18-19-20-22-23-25-27-29-31-33-37(42)36(35-41)40-39(44)38(43)34-32-30-28-26-24-21-16-14-12-10-8-6-4-2/h18-19,23,25,31,33,36-38,41-43H,3-17,20-22,24,26-30,32,34-35H2,1-2H3,(H,40,44)/b19-18+,25-23+,33-31+. The van der Waals surface area contributed by atoms with Gasteiger partial charge in [0.2, 0.25) is 5.91 Å². The van der Waals surface area contributed by atoms with Crippen LogP contribution in [-0.4, -0.2) is 46.1 Å². The first-order valence-electron chi connectivity index (χ1n) is 18.8. The van der Waals surface area contributed by atoms with Crippen LogP contribution in [0.3, 0.4) is 0 Å². The van der Waals surface area contributed by atoms with Gasteiger partial charge in [0.1, 0.15) is 6.10 Å². The zero-order valence-corrected chi connectivity index (χ0v) is 29.0. The quantitative estimate of drug-likeness (QED) is 0.0435.